The molecule has 2 aromatic rings. The molecule has 13 heavy (non-hydrogen) atoms. The molecule has 0 aliphatic rings. The molecule has 2 N–H and O–H groups in total. The number of nitrogen functional groups attached to an aromatic ring is 1. The molecule has 66 valence electrons. The fourth-order valence-electron chi connectivity index (χ4n) is 1.04. The second kappa shape index (κ2) is 2.83. The van der Waals surface area contributed by atoms with Crippen molar-refractivity contribution in [2.45, 2.75) is 0 Å². The first-order valence-electron chi connectivity index (χ1n) is 3.47. The summed E-state index contributed by atoms with van der Waals surface area (Å²) in [5.41, 5.74) is 6.39. The maximum atomic E-state index is 10.4. The van der Waals surface area contributed by atoms with Crippen molar-refractivity contribution in [3.63, 3.8) is 0 Å². The number of nitrogens with zero attached hydrogens (tertiary/aromatic N) is 2. The molecule has 0 aliphatic carbocycles. The SMILES string of the molecule is Nc1nc2ccc([N+](=O)[O-])cc2[se]1. The van der Waals surface area contributed by atoms with Crippen molar-refractivity contribution in [2.75, 3.05) is 5.73 Å². The maximum absolute atomic E-state index is 10.4. The Hall–Kier alpha value is -1.39. The molecule has 5 nitrogen and oxygen atoms in total. The average molecular weight is 242 g/mol. The van der Waals surface area contributed by atoms with E-state index >= 15 is 0 Å². The van der Waals surface area contributed by atoms with Crippen LogP contribution in [0.1, 0.15) is 0 Å². The molecule has 0 saturated heterocycles. The van der Waals surface area contributed by atoms with Gasteiger partial charge in [0, 0.05) is 0 Å². The van der Waals surface area contributed by atoms with Gasteiger partial charge in [-0.3, -0.25) is 0 Å². The molecule has 1 aromatic carbocycles. The first-order valence-corrected chi connectivity index (χ1v) is 5.18. The number of hydrogen-bond donors (Lipinski definition) is 1. The van der Waals surface area contributed by atoms with Crippen LogP contribution in [-0.4, -0.2) is 24.4 Å². The van der Waals surface area contributed by atoms with Gasteiger partial charge in [-0.2, -0.15) is 0 Å². The van der Waals surface area contributed by atoms with Crippen LogP contribution in [0.4, 0.5) is 10.4 Å². The summed E-state index contributed by atoms with van der Waals surface area (Å²) >= 11 is -0.0403. The second-order valence-electron chi connectivity index (χ2n) is 2.46. The molecule has 0 spiro atoms. The van der Waals surface area contributed by atoms with Crippen molar-refractivity contribution in [3.8, 4) is 0 Å². The fraction of sp³-hybridized carbons (Fsp3) is 0. The van der Waals surface area contributed by atoms with Gasteiger partial charge in [0.1, 0.15) is 0 Å². The fourth-order valence-corrected chi connectivity index (χ4v) is 2.65. The summed E-state index contributed by atoms with van der Waals surface area (Å²) in [6, 6.07) is 4.62. The standard InChI is InChI=1S/C7H5N3O2Se/c8-7-9-5-2-1-4(10(11)12)3-6(5)13-7/h1-3H,(H2,8,9). The van der Waals surface area contributed by atoms with Gasteiger partial charge in [0.25, 0.3) is 0 Å². The summed E-state index contributed by atoms with van der Waals surface area (Å²) in [6.07, 6.45) is 0. The van der Waals surface area contributed by atoms with E-state index in [1.165, 1.54) is 6.07 Å². The van der Waals surface area contributed by atoms with E-state index in [4.69, 9.17) is 5.73 Å². The molecule has 2 rings (SSSR count). The monoisotopic (exact) mass is 243 g/mol. The van der Waals surface area contributed by atoms with Crippen LogP contribution in [0.3, 0.4) is 0 Å². The van der Waals surface area contributed by atoms with Gasteiger partial charge in [-0.15, -0.1) is 0 Å². The van der Waals surface area contributed by atoms with Crippen molar-refractivity contribution < 1.29 is 4.92 Å². The number of nitro benzene ring substituents is 1. The molecule has 0 fully saturated rings. The summed E-state index contributed by atoms with van der Waals surface area (Å²) < 4.78 is 1.46. The van der Waals surface area contributed by atoms with Gasteiger partial charge in [-0.1, -0.05) is 0 Å². The van der Waals surface area contributed by atoms with Crippen molar-refractivity contribution in [2.24, 2.45) is 0 Å². The zero-order chi connectivity index (χ0) is 9.42. The van der Waals surface area contributed by atoms with E-state index in [1.54, 1.807) is 12.1 Å². The Bertz CT molecular complexity index is 480. The summed E-state index contributed by atoms with van der Waals surface area (Å²) in [5.74, 6) is 0. The normalized spacial score (nSPS) is 10.5. The molecule has 0 atom stereocenters. The minimum absolute atomic E-state index is 0.0403. The zero-order valence-corrected chi connectivity index (χ0v) is 8.14. The third kappa shape index (κ3) is 1.41. The number of nitro groups is 1. The van der Waals surface area contributed by atoms with Crippen LogP contribution >= 0.6 is 0 Å². The summed E-state index contributed by atoms with van der Waals surface area (Å²) in [7, 11) is 0. The average Bonchev–Trinajstić information content (AvgIpc) is 2.42. The van der Waals surface area contributed by atoms with Crippen LogP contribution in [0.2, 0.25) is 0 Å². The van der Waals surface area contributed by atoms with Crippen LogP contribution in [0.15, 0.2) is 18.2 Å². The zero-order valence-electron chi connectivity index (χ0n) is 6.43. The third-order valence-electron chi connectivity index (χ3n) is 1.60. The predicted octanol–water partition coefficient (Wildman–Crippen LogP) is 0.782. The molecular weight excluding hydrogens is 237 g/mol. The van der Waals surface area contributed by atoms with Crippen LogP contribution in [0.5, 0.6) is 0 Å². The molecule has 6 heteroatoms. The number of non-ortho nitro benzene ring substituents is 1. The Morgan fingerprint density at radius 3 is 3.00 bits per heavy atom. The third-order valence-corrected chi connectivity index (χ3v) is 3.38. The van der Waals surface area contributed by atoms with Crippen molar-refractivity contribution >= 4 is 34.7 Å². The molecule has 0 radical (unpaired) electrons. The molecular formula is C7H5N3O2Se. The van der Waals surface area contributed by atoms with E-state index in [9.17, 15) is 10.1 Å². The Balaban J connectivity index is 2.67. The summed E-state index contributed by atoms with van der Waals surface area (Å²) in [6.45, 7) is 0. The van der Waals surface area contributed by atoms with Crippen molar-refractivity contribution in [1.82, 2.24) is 4.98 Å². The van der Waals surface area contributed by atoms with Gasteiger partial charge in [0.2, 0.25) is 0 Å². The van der Waals surface area contributed by atoms with Crippen LogP contribution in [-0.2, 0) is 0 Å². The molecule has 0 aliphatic heterocycles. The number of benzene rings is 1. The van der Waals surface area contributed by atoms with Gasteiger partial charge in [0.15, 0.2) is 0 Å². The summed E-state index contributed by atoms with van der Waals surface area (Å²) in [5, 5.41) is 10.4. The van der Waals surface area contributed by atoms with E-state index in [1.807, 2.05) is 0 Å². The molecule has 0 unspecified atom stereocenters. The predicted molar refractivity (Wildman–Crippen MR) is 49.7 cm³/mol. The van der Waals surface area contributed by atoms with Gasteiger partial charge in [0.05, 0.1) is 0 Å². The van der Waals surface area contributed by atoms with Crippen LogP contribution < -0.4 is 5.73 Å². The molecule has 1 aromatic heterocycles. The number of hydrogen-bond acceptors (Lipinski definition) is 4. The van der Waals surface area contributed by atoms with Crippen molar-refractivity contribution in [3.05, 3.63) is 28.3 Å². The number of aromatic nitrogens is 1. The van der Waals surface area contributed by atoms with E-state index in [-0.39, 0.29) is 20.2 Å². The quantitative estimate of drug-likeness (QED) is 0.455. The van der Waals surface area contributed by atoms with Gasteiger partial charge in [-0.25, -0.2) is 0 Å². The van der Waals surface area contributed by atoms with E-state index in [0.29, 0.717) is 4.69 Å². The molecule has 1 heterocycles. The topological polar surface area (TPSA) is 82.0 Å². The second-order valence-corrected chi connectivity index (χ2v) is 4.69. The van der Waals surface area contributed by atoms with Gasteiger partial charge in [-0.05, 0) is 0 Å². The first-order chi connectivity index (χ1) is 6.16. The number of anilines is 1. The Kier molecular flexibility index (Phi) is 1.79. The van der Waals surface area contributed by atoms with Crippen LogP contribution in [0.25, 0.3) is 9.78 Å². The number of nitrogens with two attached hydrogens (primary N) is 1. The van der Waals surface area contributed by atoms with E-state index in [2.05, 4.69) is 4.98 Å². The van der Waals surface area contributed by atoms with Crippen molar-refractivity contribution in [1.29, 1.82) is 0 Å². The molecule has 0 amide bonds. The minimum atomic E-state index is -0.412. The Morgan fingerprint density at radius 2 is 2.31 bits per heavy atom. The molecule has 0 saturated carbocycles. The van der Waals surface area contributed by atoms with E-state index in [0.717, 1.165) is 9.78 Å². The van der Waals surface area contributed by atoms with E-state index < -0.39 is 4.92 Å². The van der Waals surface area contributed by atoms with Crippen LogP contribution in [0, 0.1) is 10.1 Å². The van der Waals surface area contributed by atoms with Gasteiger partial charge < -0.3 is 0 Å². The van der Waals surface area contributed by atoms with Gasteiger partial charge >= 0.3 is 78.6 Å². The number of rotatable bonds is 1. The Morgan fingerprint density at radius 1 is 1.54 bits per heavy atom. The number of fused-ring (bicyclic) bond motifs is 1. The first kappa shape index (κ1) is 8.22. The Labute approximate surface area is 79.1 Å². The molecule has 0 bridgehead atoms. The summed E-state index contributed by atoms with van der Waals surface area (Å²) in [4.78, 5) is 14.1.